The van der Waals surface area contributed by atoms with Crippen LogP contribution >= 0.6 is 0 Å². The molecule has 3 aromatic rings. The van der Waals surface area contributed by atoms with Crippen molar-refractivity contribution in [1.82, 2.24) is 29.6 Å². The van der Waals surface area contributed by atoms with E-state index in [2.05, 4.69) is 24.7 Å². The number of H-pyrrole nitrogens is 1. The molecule has 2 aliphatic carbocycles. The number of nitrogens with zero attached hydrogens (tertiary/aromatic N) is 5. The van der Waals surface area contributed by atoms with Gasteiger partial charge in [0.1, 0.15) is 5.52 Å². The highest BCUT2D eigenvalue weighted by Crippen LogP contribution is 2.41. The standard InChI is InChI=1S/C22H26N6O/c29-22(27-9-7-17-18(8-10-27)25-26-20(17)14-5-6-14)15-11-19-21(23-12-15)28(13-24-19)16-3-1-2-4-16/h11-14,16H,1-10H2,(H,25,26). The van der Waals surface area contributed by atoms with E-state index in [0.717, 1.165) is 30.6 Å². The summed E-state index contributed by atoms with van der Waals surface area (Å²) in [5.74, 6) is 0.694. The molecule has 0 unspecified atom stereocenters. The summed E-state index contributed by atoms with van der Waals surface area (Å²) in [6.45, 7) is 1.45. The summed E-state index contributed by atoms with van der Waals surface area (Å²) >= 11 is 0. The van der Waals surface area contributed by atoms with Crippen LogP contribution in [0.25, 0.3) is 11.2 Å². The fourth-order valence-corrected chi connectivity index (χ4v) is 5.07. The van der Waals surface area contributed by atoms with Gasteiger partial charge in [-0.15, -0.1) is 0 Å². The van der Waals surface area contributed by atoms with Gasteiger partial charge in [0.2, 0.25) is 0 Å². The molecular weight excluding hydrogens is 364 g/mol. The molecule has 0 radical (unpaired) electrons. The van der Waals surface area contributed by atoms with Crippen molar-refractivity contribution < 1.29 is 4.79 Å². The Labute approximate surface area is 169 Å². The highest BCUT2D eigenvalue weighted by molar-refractivity contribution is 5.96. The average molecular weight is 390 g/mol. The molecule has 0 spiro atoms. The third-order valence-corrected chi connectivity index (χ3v) is 6.88. The second kappa shape index (κ2) is 6.68. The molecule has 1 amide bonds. The van der Waals surface area contributed by atoms with Crippen LogP contribution in [0.1, 0.15) is 77.8 Å². The van der Waals surface area contributed by atoms with Gasteiger partial charge in [-0.3, -0.25) is 9.89 Å². The number of nitrogens with one attached hydrogen (secondary N) is 1. The van der Waals surface area contributed by atoms with Crippen LogP contribution in [-0.4, -0.2) is 48.6 Å². The summed E-state index contributed by atoms with van der Waals surface area (Å²) in [7, 11) is 0. The van der Waals surface area contributed by atoms with Crippen molar-refractivity contribution in [3.05, 3.63) is 41.1 Å². The minimum atomic E-state index is 0.0564. The summed E-state index contributed by atoms with van der Waals surface area (Å²) in [6, 6.07) is 2.42. The van der Waals surface area contributed by atoms with E-state index in [1.165, 1.54) is 55.5 Å². The molecule has 3 aromatic heterocycles. The van der Waals surface area contributed by atoms with Gasteiger partial charge in [-0.1, -0.05) is 12.8 Å². The number of hydrogen-bond acceptors (Lipinski definition) is 4. The predicted molar refractivity (Wildman–Crippen MR) is 109 cm³/mol. The zero-order valence-electron chi connectivity index (χ0n) is 16.6. The minimum absolute atomic E-state index is 0.0564. The van der Waals surface area contributed by atoms with Gasteiger partial charge in [0.05, 0.1) is 17.6 Å². The van der Waals surface area contributed by atoms with Crippen molar-refractivity contribution >= 4 is 17.1 Å². The van der Waals surface area contributed by atoms with Crippen molar-refractivity contribution in [2.75, 3.05) is 13.1 Å². The maximum Gasteiger partial charge on any atom is 0.255 e. The molecule has 1 N–H and O–H groups in total. The number of pyridine rings is 1. The third-order valence-electron chi connectivity index (χ3n) is 6.88. The molecule has 3 aliphatic rings. The van der Waals surface area contributed by atoms with Crippen LogP contribution in [0.4, 0.5) is 0 Å². The van der Waals surface area contributed by atoms with Crippen LogP contribution in [0.3, 0.4) is 0 Å². The van der Waals surface area contributed by atoms with E-state index in [9.17, 15) is 4.79 Å². The average Bonchev–Trinajstić information content (AvgIpc) is 3.15. The van der Waals surface area contributed by atoms with Crippen LogP contribution in [0, 0.1) is 0 Å². The van der Waals surface area contributed by atoms with Crippen molar-refractivity contribution in [3.63, 3.8) is 0 Å². The van der Waals surface area contributed by atoms with E-state index in [1.807, 2.05) is 17.3 Å². The highest BCUT2D eigenvalue weighted by Gasteiger charge is 2.32. The van der Waals surface area contributed by atoms with E-state index in [4.69, 9.17) is 0 Å². The van der Waals surface area contributed by atoms with E-state index in [1.54, 1.807) is 6.20 Å². The van der Waals surface area contributed by atoms with Gasteiger partial charge in [0, 0.05) is 43.4 Å². The molecule has 0 atom stereocenters. The van der Waals surface area contributed by atoms with Crippen LogP contribution in [0.15, 0.2) is 18.6 Å². The van der Waals surface area contributed by atoms with Gasteiger partial charge in [-0.2, -0.15) is 5.10 Å². The lowest BCUT2D eigenvalue weighted by Crippen LogP contribution is -2.33. The van der Waals surface area contributed by atoms with Crippen LogP contribution < -0.4 is 0 Å². The van der Waals surface area contributed by atoms with Crippen molar-refractivity contribution in [2.24, 2.45) is 0 Å². The number of aromatic amines is 1. The van der Waals surface area contributed by atoms with Gasteiger partial charge >= 0.3 is 0 Å². The zero-order chi connectivity index (χ0) is 19.4. The lowest BCUT2D eigenvalue weighted by Gasteiger charge is -2.20. The second-order valence-electron chi connectivity index (χ2n) is 8.79. The van der Waals surface area contributed by atoms with E-state index in [0.29, 0.717) is 24.1 Å². The number of fused-ring (bicyclic) bond motifs is 2. The molecule has 0 bridgehead atoms. The smallest absolute Gasteiger partial charge is 0.255 e. The molecule has 2 fully saturated rings. The van der Waals surface area contributed by atoms with Crippen molar-refractivity contribution in [2.45, 2.75) is 63.3 Å². The Morgan fingerprint density at radius 1 is 1.07 bits per heavy atom. The lowest BCUT2D eigenvalue weighted by molar-refractivity contribution is 0.0762. The number of hydrogen-bond donors (Lipinski definition) is 1. The molecule has 29 heavy (non-hydrogen) atoms. The molecular formula is C22H26N6O. The Balaban J connectivity index is 1.22. The molecule has 4 heterocycles. The summed E-state index contributed by atoms with van der Waals surface area (Å²) in [6.07, 6.45) is 12.8. The van der Waals surface area contributed by atoms with Crippen LogP contribution in [0.2, 0.25) is 0 Å². The first kappa shape index (κ1) is 17.2. The number of amides is 1. The Hall–Kier alpha value is -2.70. The molecule has 2 saturated carbocycles. The molecule has 7 heteroatoms. The van der Waals surface area contributed by atoms with Gasteiger partial charge < -0.3 is 9.47 Å². The maximum atomic E-state index is 13.2. The quantitative estimate of drug-likeness (QED) is 0.743. The number of rotatable bonds is 3. The SMILES string of the molecule is O=C(c1cnc2c(c1)ncn2C1CCCC1)N1CCc2[nH]nc(C3CC3)c2CC1. The summed E-state index contributed by atoms with van der Waals surface area (Å²) in [5.41, 5.74) is 6.18. The minimum Gasteiger partial charge on any atom is -0.338 e. The zero-order valence-corrected chi connectivity index (χ0v) is 16.6. The first-order chi connectivity index (χ1) is 14.3. The summed E-state index contributed by atoms with van der Waals surface area (Å²) in [5, 5.41) is 7.78. The monoisotopic (exact) mass is 390 g/mol. The Kier molecular flexibility index (Phi) is 3.96. The topological polar surface area (TPSA) is 79.7 Å². The van der Waals surface area contributed by atoms with Crippen LogP contribution in [-0.2, 0) is 12.8 Å². The molecule has 6 rings (SSSR count). The third kappa shape index (κ3) is 2.94. The number of carbonyl (C=O) groups is 1. The summed E-state index contributed by atoms with van der Waals surface area (Å²) < 4.78 is 2.20. The molecule has 0 saturated heterocycles. The number of imidazole rings is 1. The number of aromatic nitrogens is 5. The Morgan fingerprint density at radius 2 is 1.90 bits per heavy atom. The Morgan fingerprint density at radius 3 is 2.72 bits per heavy atom. The lowest BCUT2D eigenvalue weighted by atomic mass is 10.1. The summed E-state index contributed by atoms with van der Waals surface area (Å²) in [4.78, 5) is 24.3. The van der Waals surface area contributed by atoms with E-state index < -0.39 is 0 Å². The van der Waals surface area contributed by atoms with Gasteiger partial charge in [0.25, 0.3) is 5.91 Å². The molecule has 150 valence electrons. The largest absolute Gasteiger partial charge is 0.338 e. The second-order valence-corrected chi connectivity index (χ2v) is 8.79. The van der Waals surface area contributed by atoms with E-state index in [-0.39, 0.29) is 5.91 Å². The molecule has 0 aromatic carbocycles. The number of carbonyl (C=O) groups excluding carboxylic acids is 1. The van der Waals surface area contributed by atoms with Gasteiger partial charge in [-0.25, -0.2) is 9.97 Å². The normalized spacial score (nSPS) is 20.2. The molecule has 1 aliphatic heterocycles. The van der Waals surface area contributed by atoms with Gasteiger partial charge in [-0.05, 0) is 43.7 Å². The fraction of sp³-hybridized carbons (Fsp3) is 0.545. The first-order valence-corrected chi connectivity index (χ1v) is 11.0. The molecule has 7 nitrogen and oxygen atoms in total. The highest BCUT2D eigenvalue weighted by atomic mass is 16.2. The predicted octanol–water partition coefficient (Wildman–Crippen LogP) is 3.39. The fourth-order valence-electron chi connectivity index (χ4n) is 5.07. The Bertz CT molecular complexity index is 1070. The van der Waals surface area contributed by atoms with Crippen LogP contribution in [0.5, 0.6) is 0 Å². The van der Waals surface area contributed by atoms with Crippen molar-refractivity contribution in [1.29, 1.82) is 0 Å². The van der Waals surface area contributed by atoms with Gasteiger partial charge in [0.15, 0.2) is 5.65 Å². The van der Waals surface area contributed by atoms with Crippen molar-refractivity contribution in [3.8, 4) is 0 Å². The first-order valence-electron chi connectivity index (χ1n) is 11.0. The maximum absolute atomic E-state index is 13.2. The van der Waals surface area contributed by atoms with E-state index >= 15 is 0 Å².